The van der Waals surface area contributed by atoms with Crippen LogP contribution in [0.5, 0.6) is 0 Å². The normalized spacial score (nSPS) is 13.9. The largest absolute Gasteiger partial charge is 0.501 e. The SMILES string of the molecule is CCCOC=C(CC(C)O)C(=O)O. The summed E-state index contributed by atoms with van der Waals surface area (Å²) in [4.78, 5) is 10.6. The van der Waals surface area contributed by atoms with E-state index in [-0.39, 0.29) is 12.0 Å². The number of aliphatic hydroxyl groups is 1. The number of hydrogen-bond donors (Lipinski definition) is 2. The topological polar surface area (TPSA) is 66.8 Å². The van der Waals surface area contributed by atoms with Gasteiger partial charge in [-0.3, -0.25) is 0 Å². The van der Waals surface area contributed by atoms with Gasteiger partial charge in [0.2, 0.25) is 0 Å². The Morgan fingerprint density at radius 1 is 1.62 bits per heavy atom. The molecule has 1 atom stereocenters. The molecule has 76 valence electrons. The maximum Gasteiger partial charge on any atom is 0.334 e. The number of aliphatic hydroxyl groups excluding tert-OH is 1. The quantitative estimate of drug-likeness (QED) is 0.373. The van der Waals surface area contributed by atoms with E-state index in [0.717, 1.165) is 6.42 Å². The van der Waals surface area contributed by atoms with E-state index in [1.807, 2.05) is 6.92 Å². The number of aliphatic carboxylic acids is 1. The highest BCUT2D eigenvalue weighted by Gasteiger charge is 2.10. The van der Waals surface area contributed by atoms with E-state index in [2.05, 4.69) is 0 Å². The van der Waals surface area contributed by atoms with E-state index in [1.54, 1.807) is 0 Å². The van der Waals surface area contributed by atoms with Crippen molar-refractivity contribution < 1.29 is 19.7 Å². The Hall–Kier alpha value is -1.03. The zero-order chi connectivity index (χ0) is 10.3. The van der Waals surface area contributed by atoms with Gasteiger partial charge in [0.15, 0.2) is 0 Å². The highest BCUT2D eigenvalue weighted by Crippen LogP contribution is 2.05. The smallest absolute Gasteiger partial charge is 0.334 e. The van der Waals surface area contributed by atoms with Crippen LogP contribution in [0.15, 0.2) is 11.8 Å². The molecule has 0 saturated carbocycles. The third-order valence-electron chi connectivity index (χ3n) is 1.34. The zero-order valence-electron chi connectivity index (χ0n) is 7.99. The lowest BCUT2D eigenvalue weighted by atomic mass is 10.1. The van der Waals surface area contributed by atoms with Gasteiger partial charge < -0.3 is 14.9 Å². The van der Waals surface area contributed by atoms with E-state index in [9.17, 15) is 4.79 Å². The summed E-state index contributed by atoms with van der Waals surface area (Å²) >= 11 is 0. The summed E-state index contributed by atoms with van der Waals surface area (Å²) in [5, 5.41) is 17.6. The van der Waals surface area contributed by atoms with Crippen molar-refractivity contribution in [2.24, 2.45) is 0 Å². The van der Waals surface area contributed by atoms with Crippen LogP contribution in [0.1, 0.15) is 26.7 Å². The number of ether oxygens (including phenoxy) is 1. The molecule has 0 aromatic carbocycles. The minimum atomic E-state index is -1.04. The highest BCUT2D eigenvalue weighted by atomic mass is 16.5. The number of rotatable bonds is 6. The van der Waals surface area contributed by atoms with Gasteiger partial charge in [-0.2, -0.15) is 0 Å². The molecule has 0 bridgehead atoms. The van der Waals surface area contributed by atoms with Gasteiger partial charge >= 0.3 is 5.97 Å². The van der Waals surface area contributed by atoms with Crippen molar-refractivity contribution in [3.63, 3.8) is 0 Å². The van der Waals surface area contributed by atoms with Gasteiger partial charge in [-0.05, 0) is 13.3 Å². The lowest BCUT2D eigenvalue weighted by Crippen LogP contribution is -2.09. The van der Waals surface area contributed by atoms with Crippen molar-refractivity contribution in [1.82, 2.24) is 0 Å². The molecule has 0 saturated heterocycles. The monoisotopic (exact) mass is 188 g/mol. The molecule has 0 heterocycles. The average molecular weight is 188 g/mol. The first-order valence-corrected chi connectivity index (χ1v) is 4.30. The van der Waals surface area contributed by atoms with Gasteiger partial charge in [0.1, 0.15) is 0 Å². The molecule has 0 aliphatic rings. The molecule has 13 heavy (non-hydrogen) atoms. The number of hydrogen-bond acceptors (Lipinski definition) is 3. The Morgan fingerprint density at radius 2 is 2.23 bits per heavy atom. The molecule has 4 heteroatoms. The average Bonchev–Trinajstić information content (AvgIpc) is 2.02. The van der Waals surface area contributed by atoms with Crippen molar-refractivity contribution in [2.75, 3.05) is 6.61 Å². The van der Waals surface area contributed by atoms with Crippen LogP contribution in [0.25, 0.3) is 0 Å². The van der Waals surface area contributed by atoms with Crippen molar-refractivity contribution >= 4 is 5.97 Å². The molecule has 0 aliphatic carbocycles. The highest BCUT2D eigenvalue weighted by molar-refractivity contribution is 5.86. The Balaban J connectivity index is 4.07. The minimum Gasteiger partial charge on any atom is -0.501 e. The first-order valence-electron chi connectivity index (χ1n) is 4.30. The van der Waals surface area contributed by atoms with Crippen molar-refractivity contribution in [3.8, 4) is 0 Å². The molecule has 1 unspecified atom stereocenters. The third-order valence-corrected chi connectivity index (χ3v) is 1.34. The van der Waals surface area contributed by atoms with Gasteiger partial charge in [0.05, 0.1) is 24.5 Å². The zero-order valence-corrected chi connectivity index (χ0v) is 7.99. The number of carboxylic acids is 1. The van der Waals surface area contributed by atoms with Gasteiger partial charge in [-0.1, -0.05) is 6.92 Å². The maximum atomic E-state index is 10.6. The standard InChI is InChI=1S/C9H16O4/c1-3-4-13-6-8(9(11)12)5-7(2)10/h6-7,10H,3-5H2,1-2H3,(H,11,12). The molecule has 0 spiro atoms. The van der Waals surface area contributed by atoms with Crippen molar-refractivity contribution in [2.45, 2.75) is 32.8 Å². The Kier molecular flexibility index (Phi) is 5.97. The van der Waals surface area contributed by atoms with Crippen molar-refractivity contribution in [3.05, 3.63) is 11.8 Å². The van der Waals surface area contributed by atoms with Gasteiger partial charge in [0.25, 0.3) is 0 Å². The molecule has 0 aliphatic heterocycles. The van der Waals surface area contributed by atoms with E-state index in [1.165, 1.54) is 13.2 Å². The van der Waals surface area contributed by atoms with Crippen LogP contribution in [0.3, 0.4) is 0 Å². The molecule has 0 amide bonds. The molecule has 0 rings (SSSR count). The lowest BCUT2D eigenvalue weighted by molar-refractivity contribution is -0.133. The molecule has 0 aromatic rings. The van der Waals surface area contributed by atoms with Gasteiger partial charge in [-0.25, -0.2) is 4.79 Å². The van der Waals surface area contributed by atoms with E-state index in [4.69, 9.17) is 14.9 Å². The van der Waals surface area contributed by atoms with Gasteiger partial charge in [0, 0.05) is 6.42 Å². The fourth-order valence-electron chi connectivity index (χ4n) is 0.781. The fraction of sp³-hybridized carbons (Fsp3) is 0.667. The van der Waals surface area contributed by atoms with Gasteiger partial charge in [-0.15, -0.1) is 0 Å². The van der Waals surface area contributed by atoms with Crippen LogP contribution < -0.4 is 0 Å². The van der Waals surface area contributed by atoms with Crippen LogP contribution in [0, 0.1) is 0 Å². The molecule has 2 N–H and O–H groups in total. The first kappa shape index (κ1) is 12.0. The Bertz CT molecular complexity index is 184. The lowest BCUT2D eigenvalue weighted by Gasteiger charge is -2.05. The summed E-state index contributed by atoms with van der Waals surface area (Å²) in [6, 6.07) is 0. The van der Waals surface area contributed by atoms with Crippen LogP contribution in [0.4, 0.5) is 0 Å². The van der Waals surface area contributed by atoms with Crippen LogP contribution >= 0.6 is 0 Å². The van der Waals surface area contributed by atoms with Crippen molar-refractivity contribution in [1.29, 1.82) is 0 Å². The second-order valence-corrected chi connectivity index (χ2v) is 2.87. The summed E-state index contributed by atoms with van der Waals surface area (Å²) < 4.78 is 4.95. The summed E-state index contributed by atoms with van der Waals surface area (Å²) in [6.07, 6.45) is 1.49. The van der Waals surface area contributed by atoms with E-state index < -0.39 is 12.1 Å². The predicted molar refractivity (Wildman–Crippen MR) is 48.3 cm³/mol. The predicted octanol–water partition coefficient (Wildman–Crippen LogP) is 1.15. The second-order valence-electron chi connectivity index (χ2n) is 2.87. The molecular weight excluding hydrogens is 172 g/mol. The summed E-state index contributed by atoms with van der Waals surface area (Å²) in [5.74, 6) is -1.04. The molecule has 0 aromatic heterocycles. The first-order chi connectivity index (χ1) is 6.07. The summed E-state index contributed by atoms with van der Waals surface area (Å²) in [6.45, 7) is 3.97. The molecule has 4 nitrogen and oxygen atoms in total. The van der Waals surface area contributed by atoms with Crippen LogP contribution in [0.2, 0.25) is 0 Å². The number of carbonyl (C=O) groups is 1. The Morgan fingerprint density at radius 3 is 2.62 bits per heavy atom. The summed E-state index contributed by atoms with van der Waals surface area (Å²) in [5.41, 5.74) is 0.100. The fourth-order valence-corrected chi connectivity index (χ4v) is 0.781. The van der Waals surface area contributed by atoms with E-state index in [0.29, 0.717) is 6.61 Å². The Labute approximate surface area is 77.8 Å². The van der Waals surface area contributed by atoms with Crippen LogP contribution in [-0.4, -0.2) is 28.9 Å². The van der Waals surface area contributed by atoms with E-state index >= 15 is 0 Å². The van der Waals surface area contributed by atoms with Crippen LogP contribution in [-0.2, 0) is 9.53 Å². The maximum absolute atomic E-state index is 10.6. The third kappa shape index (κ3) is 6.16. The minimum absolute atomic E-state index is 0.100. The molecule has 0 fully saturated rings. The molecular formula is C9H16O4. The molecule has 0 radical (unpaired) electrons. The summed E-state index contributed by atoms with van der Waals surface area (Å²) in [7, 11) is 0. The second kappa shape index (κ2) is 6.48. The number of carboxylic acid groups (broad SMARTS) is 1.